The zero-order chi connectivity index (χ0) is 25.2. The summed E-state index contributed by atoms with van der Waals surface area (Å²) in [6, 6.07) is 10.2. The molecule has 36 heavy (non-hydrogen) atoms. The summed E-state index contributed by atoms with van der Waals surface area (Å²) in [6.07, 6.45) is 10.5. The number of H-pyrrole nitrogens is 1. The van der Waals surface area contributed by atoms with Crippen LogP contribution in [0, 0.1) is 11.8 Å². The van der Waals surface area contributed by atoms with Crippen molar-refractivity contribution in [3.8, 4) is 11.3 Å². The lowest BCUT2D eigenvalue weighted by Gasteiger charge is -2.30. The van der Waals surface area contributed by atoms with Gasteiger partial charge in [0.25, 0.3) is 5.91 Å². The van der Waals surface area contributed by atoms with Gasteiger partial charge in [-0.2, -0.15) is 0 Å². The number of carbonyl (C=O) groups is 2. The molecular weight excluding hydrogens is 512 g/mol. The molecule has 2 saturated carbocycles. The minimum atomic E-state index is -0.238. The first-order valence-electron chi connectivity index (χ1n) is 12.8. The molecule has 3 atom stereocenters. The second kappa shape index (κ2) is 11.1. The Kier molecular flexibility index (Phi) is 7.89. The number of fused-ring (bicyclic) bond motifs is 2. The fourth-order valence-electron chi connectivity index (χ4n) is 5.87. The topological polar surface area (TPSA) is 62.4 Å². The van der Waals surface area contributed by atoms with Gasteiger partial charge in [0.05, 0.1) is 11.5 Å². The zero-order valence-corrected chi connectivity index (χ0v) is 22.8. The van der Waals surface area contributed by atoms with Gasteiger partial charge in [-0.25, -0.2) is 0 Å². The van der Waals surface area contributed by atoms with Crippen molar-refractivity contribution in [3.63, 3.8) is 0 Å². The number of thiocarbonyl (C=S) groups is 1. The molecule has 2 bridgehead atoms. The van der Waals surface area contributed by atoms with Crippen molar-refractivity contribution < 1.29 is 14.3 Å². The van der Waals surface area contributed by atoms with Gasteiger partial charge < -0.3 is 9.72 Å². The number of hydrogen-bond donors (Lipinski definition) is 1. The molecule has 3 unspecified atom stereocenters. The van der Waals surface area contributed by atoms with Crippen molar-refractivity contribution in [1.82, 2.24) is 9.88 Å². The number of aromatic amines is 1. The van der Waals surface area contributed by atoms with E-state index in [-0.39, 0.29) is 17.9 Å². The maximum Gasteiger partial charge on any atom is 0.302 e. The number of nitrogens with one attached hydrogen (secondary N) is 1. The van der Waals surface area contributed by atoms with Crippen LogP contribution in [0.1, 0.15) is 63.1 Å². The van der Waals surface area contributed by atoms with Gasteiger partial charge in [-0.05, 0) is 92.2 Å². The van der Waals surface area contributed by atoms with E-state index in [9.17, 15) is 9.59 Å². The van der Waals surface area contributed by atoms with E-state index in [0.717, 1.165) is 60.5 Å². The molecule has 3 aliphatic rings. The van der Waals surface area contributed by atoms with Gasteiger partial charge in [0.1, 0.15) is 4.32 Å². The quantitative estimate of drug-likeness (QED) is 0.160. The van der Waals surface area contributed by atoms with E-state index in [4.69, 9.17) is 28.6 Å². The molecule has 3 fully saturated rings. The van der Waals surface area contributed by atoms with Gasteiger partial charge in [0.2, 0.25) is 0 Å². The van der Waals surface area contributed by atoms with Crippen LogP contribution in [-0.4, -0.2) is 38.7 Å². The van der Waals surface area contributed by atoms with Crippen LogP contribution < -0.4 is 0 Å². The average molecular weight is 543 g/mol. The van der Waals surface area contributed by atoms with Gasteiger partial charge in [0, 0.05) is 29.4 Å². The number of amides is 1. The van der Waals surface area contributed by atoms with Crippen LogP contribution in [0.2, 0.25) is 5.02 Å². The summed E-state index contributed by atoms with van der Waals surface area (Å²) in [4.78, 5) is 30.6. The number of rotatable bonds is 9. The number of nitrogens with zero attached hydrogens (tertiary/aromatic N) is 1. The fourth-order valence-corrected chi connectivity index (χ4v) is 7.35. The van der Waals surface area contributed by atoms with E-state index in [1.54, 1.807) is 0 Å². The summed E-state index contributed by atoms with van der Waals surface area (Å²) in [7, 11) is 0. The molecule has 5 rings (SSSR count). The summed E-state index contributed by atoms with van der Waals surface area (Å²) < 4.78 is 5.74. The Morgan fingerprint density at radius 3 is 2.72 bits per heavy atom. The molecule has 0 spiro atoms. The molecule has 1 N–H and O–H groups in total. The molecule has 1 amide bonds. The molecule has 190 valence electrons. The van der Waals surface area contributed by atoms with Crippen LogP contribution >= 0.6 is 35.6 Å². The molecule has 0 radical (unpaired) electrons. The SMILES string of the molecule is CC(=O)OCCCCCc1cc(-c2ccc(Cl)cc2)[nH]c1C=C1SC(=S)N(C2CC3CCC2C3)C1=O. The number of hydrogen-bond acceptors (Lipinski definition) is 5. The third kappa shape index (κ3) is 5.58. The lowest BCUT2D eigenvalue weighted by Crippen LogP contribution is -2.41. The monoisotopic (exact) mass is 542 g/mol. The first-order valence-corrected chi connectivity index (χ1v) is 14.4. The summed E-state index contributed by atoms with van der Waals surface area (Å²) in [5.41, 5.74) is 4.16. The smallest absolute Gasteiger partial charge is 0.302 e. The summed E-state index contributed by atoms with van der Waals surface area (Å²) in [6.45, 7) is 1.89. The zero-order valence-electron chi connectivity index (χ0n) is 20.4. The molecule has 1 aliphatic heterocycles. The molecule has 1 aromatic carbocycles. The van der Waals surface area contributed by atoms with Crippen LogP contribution in [-0.2, 0) is 20.7 Å². The lowest BCUT2D eigenvalue weighted by atomic mass is 9.94. The second-order valence-electron chi connectivity index (χ2n) is 10.1. The van der Waals surface area contributed by atoms with E-state index in [0.29, 0.717) is 26.8 Å². The number of benzene rings is 1. The standard InChI is InChI=1S/C28H31ClN2O3S2/c1-17(32)34-12-4-2-3-5-20-15-23(19-8-10-22(29)11-9-19)30-24(20)16-26-27(33)31(28(35)36-26)25-14-18-6-7-21(25)13-18/h8-11,15-16,18,21,25,30H,2-7,12-14H2,1H3. The van der Waals surface area contributed by atoms with Crippen LogP contribution in [0.25, 0.3) is 17.3 Å². The Hall–Kier alpha value is -2.09. The molecule has 2 heterocycles. The first-order chi connectivity index (χ1) is 17.4. The minimum absolute atomic E-state index is 0.0533. The molecule has 1 aromatic heterocycles. The molecule has 2 aromatic rings. The maximum atomic E-state index is 13.5. The first kappa shape index (κ1) is 25.6. The van der Waals surface area contributed by atoms with Crippen LogP contribution in [0.15, 0.2) is 35.2 Å². The number of thioether (sulfide) groups is 1. The van der Waals surface area contributed by atoms with Crippen molar-refractivity contribution in [3.05, 3.63) is 51.5 Å². The van der Waals surface area contributed by atoms with Crippen molar-refractivity contribution >= 4 is 57.9 Å². The van der Waals surface area contributed by atoms with Crippen molar-refractivity contribution in [2.75, 3.05) is 6.61 Å². The van der Waals surface area contributed by atoms with Gasteiger partial charge in [-0.15, -0.1) is 0 Å². The van der Waals surface area contributed by atoms with E-state index in [1.807, 2.05) is 35.2 Å². The van der Waals surface area contributed by atoms with Gasteiger partial charge in [0.15, 0.2) is 0 Å². The number of halogens is 1. The van der Waals surface area contributed by atoms with E-state index in [1.165, 1.54) is 37.9 Å². The van der Waals surface area contributed by atoms with E-state index >= 15 is 0 Å². The van der Waals surface area contributed by atoms with Gasteiger partial charge in [-0.1, -0.05) is 54.1 Å². The molecular formula is C28H31ClN2O3S2. The second-order valence-corrected chi connectivity index (χ2v) is 12.2. The number of esters is 1. The highest BCUT2D eigenvalue weighted by molar-refractivity contribution is 8.26. The maximum absolute atomic E-state index is 13.5. The summed E-state index contributed by atoms with van der Waals surface area (Å²) >= 11 is 13.2. The number of ether oxygens (including phenoxy) is 1. The van der Waals surface area contributed by atoms with Gasteiger partial charge >= 0.3 is 5.97 Å². The summed E-state index contributed by atoms with van der Waals surface area (Å²) in [5, 5.41) is 0.697. The Bertz CT molecular complexity index is 1190. The molecule has 2 aliphatic carbocycles. The lowest BCUT2D eigenvalue weighted by molar-refractivity contribution is -0.141. The van der Waals surface area contributed by atoms with Gasteiger partial charge in [-0.3, -0.25) is 14.5 Å². The summed E-state index contributed by atoms with van der Waals surface area (Å²) in [5.74, 6) is 1.17. The van der Waals surface area contributed by atoms with Crippen LogP contribution in [0.4, 0.5) is 0 Å². The Labute approximate surface area is 227 Å². The minimum Gasteiger partial charge on any atom is -0.466 e. The highest BCUT2D eigenvalue weighted by atomic mass is 35.5. The predicted molar refractivity (Wildman–Crippen MR) is 150 cm³/mol. The normalized spacial score (nSPS) is 24.3. The number of aryl methyl sites for hydroxylation is 1. The third-order valence-corrected chi connectivity index (χ3v) is 9.20. The largest absolute Gasteiger partial charge is 0.466 e. The number of unbranched alkanes of at least 4 members (excludes halogenated alkanes) is 2. The predicted octanol–water partition coefficient (Wildman–Crippen LogP) is 7.00. The highest BCUT2D eigenvalue weighted by Crippen LogP contribution is 2.49. The fraction of sp³-hybridized carbons (Fsp3) is 0.464. The number of carbonyl (C=O) groups excluding carboxylic acids is 2. The molecule has 1 saturated heterocycles. The van der Waals surface area contributed by atoms with E-state index in [2.05, 4.69) is 11.1 Å². The van der Waals surface area contributed by atoms with Crippen molar-refractivity contribution in [2.24, 2.45) is 11.8 Å². The van der Waals surface area contributed by atoms with Crippen LogP contribution in [0.3, 0.4) is 0 Å². The van der Waals surface area contributed by atoms with Crippen molar-refractivity contribution in [2.45, 2.75) is 64.3 Å². The Balaban J connectivity index is 1.34. The number of aromatic nitrogens is 1. The third-order valence-electron chi connectivity index (χ3n) is 7.62. The Morgan fingerprint density at radius 2 is 2.03 bits per heavy atom. The highest BCUT2D eigenvalue weighted by Gasteiger charge is 2.48. The van der Waals surface area contributed by atoms with E-state index < -0.39 is 0 Å². The Morgan fingerprint density at radius 1 is 1.22 bits per heavy atom. The average Bonchev–Trinajstić information content (AvgIpc) is 3.62. The molecule has 5 nitrogen and oxygen atoms in total. The van der Waals surface area contributed by atoms with Crippen LogP contribution in [0.5, 0.6) is 0 Å². The molecule has 8 heteroatoms. The van der Waals surface area contributed by atoms with Crippen molar-refractivity contribution in [1.29, 1.82) is 0 Å².